The Morgan fingerprint density at radius 1 is 1.10 bits per heavy atom. The zero-order valence-corrected chi connectivity index (χ0v) is 19.1. The van der Waals surface area contributed by atoms with Crippen molar-refractivity contribution in [2.75, 3.05) is 11.9 Å². The molecule has 162 valence electrons. The summed E-state index contributed by atoms with van der Waals surface area (Å²) in [6.07, 6.45) is 0.373. The van der Waals surface area contributed by atoms with E-state index >= 15 is 0 Å². The predicted octanol–water partition coefficient (Wildman–Crippen LogP) is 3.50. The molecule has 1 heterocycles. The quantitative estimate of drug-likeness (QED) is 0.511. The highest BCUT2D eigenvalue weighted by atomic mass is 79.9. The molecule has 1 aromatic heterocycles. The molecule has 31 heavy (non-hydrogen) atoms. The van der Waals surface area contributed by atoms with Crippen molar-refractivity contribution in [1.82, 2.24) is 14.9 Å². The Bertz CT molecular complexity index is 1160. The van der Waals surface area contributed by atoms with Crippen molar-refractivity contribution >= 4 is 44.5 Å². The highest BCUT2D eigenvalue weighted by molar-refractivity contribution is 9.10. The first-order valence-electron chi connectivity index (χ1n) is 10.1. The summed E-state index contributed by atoms with van der Waals surface area (Å²) in [4.78, 5) is 42.3. The number of para-hydroxylation sites is 2. The van der Waals surface area contributed by atoms with Gasteiger partial charge in [0.2, 0.25) is 11.8 Å². The van der Waals surface area contributed by atoms with Crippen molar-refractivity contribution in [3.63, 3.8) is 0 Å². The van der Waals surface area contributed by atoms with Gasteiger partial charge in [-0.05, 0) is 36.2 Å². The average molecular weight is 485 g/mol. The first kappa shape index (κ1) is 22.7. The number of carbonyl (C=O) groups is 2. The summed E-state index contributed by atoms with van der Waals surface area (Å²) < 4.78 is 2.26. The van der Waals surface area contributed by atoms with Gasteiger partial charge in [0.05, 0.1) is 11.0 Å². The zero-order chi connectivity index (χ0) is 22.4. The summed E-state index contributed by atoms with van der Waals surface area (Å²) in [6.45, 7) is 4.47. The molecule has 2 amide bonds. The van der Waals surface area contributed by atoms with Gasteiger partial charge in [0, 0.05) is 29.5 Å². The molecular formula is C23H25BrN4O3. The number of benzene rings is 2. The van der Waals surface area contributed by atoms with Gasteiger partial charge in [-0.15, -0.1) is 0 Å². The number of hydrogen-bond donors (Lipinski definition) is 2. The molecule has 0 atom stereocenters. The smallest absolute Gasteiger partial charge is 0.273 e. The van der Waals surface area contributed by atoms with Crippen molar-refractivity contribution in [1.29, 1.82) is 0 Å². The van der Waals surface area contributed by atoms with Crippen LogP contribution in [0.4, 0.5) is 5.69 Å². The summed E-state index contributed by atoms with van der Waals surface area (Å²) >= 11 is 3.37. The highest BCUT2D eigenvalue weighted by Gasteiger charge is 2.15. The van der Waals surface area contributed by atoms with E-state index in [0.29, 0.717) is 29.2 Å². The summed E-state index contributed by atoms with van der Waals surface area (Å²) in [5, 5.41) is 5.65. The van der Waals surface area contributed by atoms with Crippen molar-refractivity contribution in [2.24, 2.45) is 5.92 Å². The molecule has 0 saturated carbocycles. The van der Waals surface area contributed by atoms with Crippen LogP contribution in [0.1, 0.15) is 26.0 Å². The van der Waals surface area contributed by atoms with Crippen molar-refractivity contribution in [2.45, 2.75) is 33.2 Å². The van der Waals surface area contributed by atoms with Crippen molar-refractivity contribution in [3.05, 3.63) is 69.1 Å². The maximum Gasteiger partial charge on any atom is 0.273 e. The number of nitrogens with one attached hydrogen (secondary N) is 2. The molecule has 0 spiro atoms. The van der Waals surface area contributed by atoms with E-state index in [1.54, 1.807) is 30.3 Å². The second-order valence-corrected chi connectivity index (χ2v) is 8.61. The molecule has 0 bridgehead atoms. The van der Waals surface area contributed by atoms with Crippen molar-refractivity contribution in [3.8, 4) is 0 Å². The van der Waals surface area contributed by atoms with Crippen LogP contribution in [0.3, 0.4) is 0 Å². The molecule has 0 aliphatic heterocycles. The van der Waals surface area contributed by atoms with Gasteiger partial charge in [0.15, 0.2) is 0 Å². The van der Waals surface area contributed by atoms with E-state index in [-0.39, 0.29) is 42.5 Å². The molecule has 3 aromatic rings. The predicted molar refractivity (Wildman–Crippen MR) is 125 cm³/mol. The van der Waals surface area contributed by atoms with Gasteiger partial charge in [-0.25, -0.2) is 4.98 Å². The van der Waals surface area contributed by atoms with E-state index in [4.69, 9.17) is 0 Å². The summed E-state index contributed by atoms with van der Waals surface area (Å²) in [5.74, 6) is -0.0945. The van der Waals surface area contributed by atoms with Crippen LogP contribution >= 0.6 is 15.9 Å². The maximum absolute atomic E-state index is 13.1. The van der Waals surface area contributed by atoms with Gasteiger partial charge >= 0.3 is 0 Å². The topological polar surface area (TPSA) is 93.1 Å². The third kappa shape index (κ3) is 6.24. The summed E-state index contributed by atoms with van der Waals surface area (Å²) in [6, 6.07) is 14.4. The van der Waals surface area contributed by atoms with Crippen LogP contribution < -0.4 is 16.2 Å². The van der Waals surface area contributed by atoms with Crippen LogP contribution in [-0.4, -0.2) is 27.9 Å². The molecule has 0 aliphatic carbocycles. The molecule has 2 N–H and O–H groups in total. The highest BCUT2D eigenvalue weighted by Crippen LogP contribution is 2.16. The van der Waals surface area contributed by atoms with Gasteiger partial charge in [-0.2, -0.15) is 0 Å². The molecule has 7 nitrogen and oxygen atoms in total. The number of aromatic nitrogens is 2. The Balaban J connectivity index is 1.82. The summed E-state index contributed by atoms with van der Waals surface area (Å²) in [5.41, 5.74) is 1.72. The minimum atomic E-state index is -0.361. The van der Waals surface area contributed by atoms with E-state index < -0.39 is 0 Å². The number of nitrogens with zero attached hydrogens (tertiary/aromatic N) is 2. The maximum atomic E-state index is 13.1. The molecular weight excluding hydrogens is 460 g/mol. The molecule has 0 saturated heterocycles. The third-order valence-electron chi connectivity index (χ3n) is 4.63. The van der Waals surface area contributed by atoms with Crippen LogP contribution in [-0.2, 0) is 22.6 Å². The lowest BCUT2D eigenvalue weighted by molar-refractivity contribution is -0.121. The van der Waals surface area contributed by atoms with E-state index in [0.717, 1.165) is 4.47 Å². The fraction of sp³-hybridized carbons (Fsp3) is 0.304. The zero-order valence-electron chi connectivity index (χ0n) is 17.5. The van der Waals surface area contributed by atoms with Crippen LogP contribution in [0.2, 0.25) is 0 Å². The number of carbonyl (C=O) groups excluding carboxylic acids is 2. The van der Waals surface area contributed by atoms with Crippen LogP contribution in [0.5, 0.6) is 0 Å². The molecule has 0 radical (unpaired) electrons. The molecule has 0 unspecified atom stereocenters. The van der Waals surface area contributed by atoms with E-state index in [1.165, 1.54) is 4.57 Å². The normalized spacial score (nSPS) is 11.0. The largest absolute Gasteiger partial charge is 0.356 e. The first-order valence-corrected chi connectivity index (χ1v) is 10.9. The summed E-state index contributed by atoms with van der Waals surface area (Å²) in [7, 11) is 0. The number of rotatable bonds is 8. The average Bonchev–Trinajstić information content (AvgIpc) is 2.73. The van der Waals surface area contributed by atoms with Crippen LogP contribution in [0.25, 0.3) is 11.0 Å². The van der Waals surface area contributed by atoms with E-state index in [1.807, 2.05) is 32.0 Å². The second-order valence-electron chi connectivity index (χ2n) is 7.69. The van der Waals surface area contributed by atoms with Gasteiger partial charge in [0.25, 0.3) is 5.56 Å². The molecule has 0 fully saturated rings. The lowest BCUT2D eigenvalue weighted by Gasteiger charge is -2.13. The van der Waals surface area contributed by atoms with Gasteiger partial charge < -0.3 is 10.6 Å². The van der Waals surface area contributed by atoms with Gasteiger partial charge in [-0.3, -0.25) is 19.0 Å². The SMILES string of the molecule is CC(C)CNC(=O)CCc1nc2ccccc2n(CC(=O)Nc2cccc(Br)c2)c1=O. The standard InChI is InChI=1S/C23H25BrN4O3/c1-15(2)13-25-21(29)11-10-19-23(31)28(20-9-4-3-8-18(20)27-19)14-22(30)26-17-7-5-6-16(24)12-17/h3-9,12,15H,10-11,13-14H2,1-2H3,(H,25,29)(H,26,30). The number of halogens is 1. The number of amides is 2. The monoisotopic (exact) mass is 484 g/mol. The third-order valence-corrected chi connectivity index (χ3v) is 5.12. The Morgan fingerprint density at radius 2 is 1.87 bits per heavy atom. The number of anilines is 1. The molecule has 0 aliphatic rings. The number of hydrogen-bond acceptors (Lipinski definition) is 4. The Labute approximate surface area is 189 Å². The molecule has 2 aromatic carbocycles. The van der Waals surface area contributed by atoms with Crippen molar-refractivity contribution < 1.29 is 9.59 Å². The first-order chi connectivity index (χ1) is 14.8. The van der Waals surface area contributed by atoms with E-state index in [2.05, 4.69) is 31.5 Å². The lowest BCUT2D eigenvalue weighted by atomic mass is 10.2. The molecule has 3 rings (SSSR count). The number of aryl methyl sites for hydroxylation is 1. The van der Waals surface area contributed by atoms with Crippen LogP contribution in [0.15, 0.2) is 57.8 Å². The number of fused-ring (bicyclic) bond motifs is 1. The Hall–Kier alpha value is -3.00. The van der Waals surface area contributed by atoms with Gasteiger partial charge in [-0.1, -0.05) is 48.0 Å². The lowest BCUT2D eigenvalue weighted by Crippen LogP contribution is -2.32. The minimum absolute atomic E-state index is 0.123. The Morgan fingerprint density at radius 3 is 2.61 bits per heavy atom. The van der Waals surface area contributed by atoms with Crippen LogP contribution in [0, 0.1) is 5.92 Å². The van der Waals surface area contributed by atoms with E-state index in [9.17, 15) is 14.4 Å². The molecule has 8 heteroatoms. The Kier molecular flexibility index (Phi) is 7.57. The fourth-order valence-corrected chi connectivity index (χ4v) is 3.51. The second kappa shape index (κ2) is 10.3. The fourth-order valence-electron chi connectivity index (χ4n) is 3.11. The van der Waals surface area contributed by atoms with Gasteiger partial charge in [0.1, 0.15) is 12.2 Å². The minimum Gasteiger partial charge on any atom is -0.356 e.